The van der Waals surface area contributed by atoms with Crippen molar-refractivity contribution < 1.29 is 0 Å². The van der Waals surface area contributed by atoms with Gasteiger partial charge in [-0.3, -0.25) is 9.36 Å². The molecule has 2 aromatic heterocycles. The van der Waals surface area contributed by atoms with E-state index in [-0.39, 0.29) is 5.56 Å². The first-order valence-corrected chi connectivity index (χ1v) is 8.85. The minimum absolute atomic E-state index is 0.0654. The summed E-state index contributed by atoms with van der Waals surface area (Å²) in [5, 5.41) is 2.05. The molecule has 5 heteroatoms. The molecule has 2 heterocycles. The second-order valence-corrected chi connectivity index (χ2v) is 6.94. The number of nitrogens with zero attached hydrogens (tertiary/aromatic N) is 3. The van der Waals surface area contributed by atoms with Crippen LogP contribution in [0.1, 0.15) is 22.5 Å². The van der Waals surface area contributed by atoms with Crippen LogP contribution in [-0.2, 0) is 6.54 Å². The second-order valence-electron chi connectivity index (χ2n) is 6.58. The lowest BCUT2D eigenvalue weighted by Crippen LogP contribution is -2.24. The van der Waals surface area contributed by atoms with Crippen molar-refractivity contribution in [2.45, 2.75) is 27.3 Å². The topological polar surface area (TPSA) is 47.8 Å². The highest BCUT2D eigenvalue weighted by Crippen LogP contribution is 2.25. The van der Waals surface area contributed by atoms with Gasteiger partial charge in [-0.15, -0.1) is 0 Å². The molecule has 2 aromatic carbocycles. The lowest BCUT2D eigenvalue weighted by molar-refractivity contribution is 0.711. The van der Waals surface area contributed by atoms with Crippen molar-refractivity contribution in [1.29, 1.82) is 0 Å². The molecule has 0 aliphatic carbocycles. The van der Waals surface area contributed by atoms with Gasteiger partial charge in [-0.1, -0.05) is 35.9 Å². The third-order valence-electron chi connectivity index (χ3n) is 4.92. The van der Waals surface area contributed by atoms with Gasteiger partial charge in [0.25, 0.3) is 5.56 Å². The molecule has 4 rings (SSSR count). The van der Waals surface area contributed by atoms with Crippen molar-refractivity contribution in [2.75, 3.05) is 0 Å². The number of pyridine rings is 1. The number of benzene rings is 2. The van der Waals surface area contributed by atoms with E-state index in [1.165, 1.54) is 5.56 Å². The van der Waals surface area contributed by atoms with Crippen LogP contribution in [0.15, 0.2) is 47.3 Å². The summed E-state index contributed by atoms with van der Waals surface area (Å²) in [6, 6.07) is 13.5. The fourth-order valence-corrected chi connectivity index (χ4v) is 3.45. The molecule has 0 aliphatic rings. The largest absolute Gasteiger partial charge is 0.292 e. The number of hydrogen-bond donors (Lipinski definition) is 0. The van der Waals surface area contributed by atoms with Gasteiger partial charge in [0.1, 0.15) is 11.0 Å². The summed E-state index contributed by atoms with van der Waals surface area (Å²) in [5.74, 6) is 0.657. The molecule has 0 spiro atoms. The van der Waals surface area contributed by atoms with Gasteiger partial charge in [0.2, 0.25) is 0 Å². The van der Waals surface area contributed by atoms with E-state index in [0.29, 0.717) is 28.4 Å². The minimum atomic E-state index is -0.0654. The molecule has 4 nitrogen and oxygen atoms in total. The first-order chi connectivity index (χ1) is 12.5. The predicted molar refractivity (Wildman–Crippen MR) is 106 cm³/mol. The highest BCUT2D eigenvalue weighted by atomic mass is 35.5. The Morgan fingerprint density at radius 2 is 1.81 bits per heavy atom. The van der Waals surface area contributed by atoms with E-state index in [0.717, 1.165) is 22.0 Å². The zero-order chi connectivity index (χ0) is 18.4. The number of halogens is 1. The Bertz CT molecular complexity index is 1230. The summed E-state index contributed by atoms with van der Waals surface area (Å²) in [6.45, 7) is 6.28. The van der Waals surface area contributed by atoms with E-state index >= 15 is 0 Å². The SMILES string of the molecule is Cc1ccc2cc(Cn3c(C)nc4ccccc4c3=O)c(Cl)nc2c1C. The lowest BCUT2D eigenvalue weighted by atomic mass is 10.0. The highest BCUT2D eigenvalue weighted by molar-refractivity contribution is 6.30. The van der Waals surface area contributed by atoms with Gasteiger partial charge in [-0.2, -0.15) is 0 Å². The Kier molecular flexibility index (Phi) is 4.00. The molecular formula is C21H18ClN3O. The molecule has 0 radical (unpaired) electrons. The Morgan fingerprint density at radius 3 is 2.62 bits per heavy atom. The Hall–Kier alpha value is -2.72. The van der Waals surface area contributed by atoms with E-state index < -0.39 is 0 Å². The number of fused-ring (bicyclic) bond motifs is 2. The van der Waals surface area contributed by atoms with Gasteiger partial charge in [-0.05, 0) is 50.1 Å². The molecule has 0 bridgehead atoms. The second kappa shape index (κ2) is 6.22. The predicted octanol–water partition coefficient (Wildman–Crippen LogP) is 4.57. The van der Waals surface area contributed by atoms with Crippen molar-refractivity contribution in [3.8, 4) is 0 Å². The molecular weight excluding hydrogens is 346 g/mol. The first-order valence-electron chi connectivity index (χ1n) is 8.47. The average Bonchev–Trinajstić information content (AvgIpc) is 2.63. The fourth-order valence-electron chi connectivity index (χ4n) is 3.25. The van der Waals surface area contributed by atoms with Crippen LogP contribution in [-0.4, -0.2) is 14.5 Å². The van der Waals surface area contributed by atoms with Crippen LogP contribution in [0.2, 0.25) is 5.15 Å². The Balaban J connectivity index is 1.88. The van der Waals surface area contributed by atoms with Gasteiger partial charge in [-0.25, -0.2) is 9.97 Å². The van der Waals surface area contributed by atoms with Crippen molar-refractivity contribution in [3.63, 3.8) is 0 Å². The summed E-state index contributed by atoms with van der Waals surface area (Å²) < 4.78 is 1.65. The van der Waals surface area contributed by atoms with E-state index in [1.807, 2.05) is 44.2 Å². The van der Waals surface area contributed by atoms with Crippen LogP contribution in [0.3, 0.4) is 0 Å². The molecule has 130 valence electrons. The smallest absolute Gasteiger partial charge is 0.261 e. The number of para-hydroxylation sites is 1. The quantitative estimate of drug-likeness (QED) is 0.490. The molecule has 0 aliphatic heterocycles. The van der Waals surface area contributed by atoms with Crippen molar-refractivity contribution in [1.82, 2.24) is 14.5 Å². The maximum atomic E-state index is 12.9. The van der Waals surface area contributed by atoms with Crippen LogP contribution in [0.4, 0.5) is 0 Å². The number of aryl methyl sites for hydroxylation is 3. The van der Waals surface area contributed by atoms with Gasteiger partial charge in [0.15, 0.2) is 0 Å². The summed E-state index contributed by atoms with van der Waals surface area (Å²) in [7, 11) is 0. The maximum Gasteiger partial charge on any atom is 0.261 e. The lowest BCUT2D eigenvalue weighted by Gasteiger charge is -2.13. The number of rotatable bonds is 2. The molecule has 0 saturated heterocycles. The van der Waals surface area contributed by atoms with Crippen molar-refractivity contribution in [3.05, 3.63) is 80.5 Å². The maximum absolute atomic E-state index is 12.9. The third kappa shape index (κ3) is 2.67. The molecule has 0 unspecified atom stereocenters. The molecule has 4 aromatic rings. The highest BCUT2D eigenvalue weighted by Gasteiger charge is 2.13. The van der Waals surface area contributed by atoms with Crippen LogP contribution in [0.5, 0.6) is 0 Å². The zero-order valence-electron chi connectivity index (χ0n) is 14.9. The normalized spacial score (nSPS) is 11.4. The summed E-state index contributed by atoms with van der Waals surface area (Å²) in [4.78, 5) is 22.0. The summed E-state index contributed by atoms with van der Waals surface area (Å²) in [6.07, 6.45) is 0. The molecule has 0 fully saturated rings. The van der Waals surface area contributed by atoms with E-state index in [4.69, 9.17) is 11.6 Å². The number of aromatic nitrogens is 3. The Morgan fingerprint density at radius 1 is 1.04 bits per heavy atom. The van der Waals surface area contributed by atoms with Crippen LogP contribution in [0.25, 0.3) is 21.8 Å². The van der Waals surface area contributed by atoms with Gasteiger partial charge >= 0.3 is 0 Å². The van der Waals surface area contributed by atoms with Crippen LogP contribution in [0, 0.1) is 20.8 Å². The molecule has 26 heavy (non-hydrogen) atoms. The molecule has 0 N–H and O–H groups in total. The van der Waals surface area contributed by atoms with E-state index in [2.05, 4.69) is 23.0 Å². The van der Waals surface area contributed by atoms with Gasteiger partial charge in [0, 0.05) is 10.9 Å². The minimum Gasteiger partial charge on any atom is -0.292 e. The Labute approximate surface area is 156 Å². The van der Waals surface area contributed by atoms with Crippen LogP contribution < -0.4 is 5.56 Å². The molecule has 0 atom stereocenters. The zero-order valence-corrected chi connectivity index (χ0v) is 15.6. The van der Waals surface area contributed by atoms with Gasteiger partial charge < -0.3 is 0 Å². The number of hydrogen-bond acceptors (Lipinski definition) is 3. The fraction of sp³-hybridized carbons (Fsp3) is 0.190. The molecule has 0 saturated carbocycles. The van der Waals surface area contributed by atoms with Gasteiger partial charge in [0.05, 0.1) is 23.0 Å². The standard InChI is InChI=1S/C21H18ClN3O/c1-12-8-9-15-10-16(20(22)24-19(15)13(12)2)11-25-14(3)23-18-7-5-4-6-17(18)21(25)26/h4-10H,11H2,1-3H3. The monoisotopic (exact) mass is 363 g/mol. The third-order valence-corrected chi connectivity index (χ3v) is 5.25. The molecule has 0 amide bonds. The summed E-state index contributed by atoms with van der Waals surface area (Å²) >= 11 is 6.45. The first kappa shape index (κ1) is 16.7. The van der Waals surface area contributed by atoms with Crippen molar-refractivity contribution in [2.24, 2.45) is 0 Å². The summed E-state index contributed by atoms with van der Waals surface area (Å²) in [5.41, 5.74) is 4.66. The van der Waals surface area contributed by atoms with E-state index in [9.17, 15) is 4.79 Å². The van der Waals surface area contributed by atoms with E-state index in [1.54, 1.807) is 10.6 Å². The van der Waals surface area contributed by atoms with Crippen LogP contribution >= 0.6 is 11.6 Å². The van der Waals surface area contributed by atoms with Crippen molar-refractivity contribution >= 4 is 33.4 Å². The average molecular weight is 364 g/mol.